The first-order valence-corrected chi connectivity index (χ1v) is 6.42. The zero-order valence-electron chi connectivity index (χ0n) is 10.4. The molecular weight excluding hydrogens is 198 g/mol. The second kappa shape index (κ2) is 4.62. The van der Waals surface area contributed by atoms with Crippen LogP contribution >= 0.6 is 0 Å². The average Bonchev–Trinajstić information content (AvgIpc) is 2.85. The van der Waals surface area contributed by atoms with E-state index in [1.54, 1.807) is 6.26 Å². The predicted molar refractivity (Wildman–Crippen MR) is 66.0 cm³/mol. The average molecular weight is 221 g/mol. The predicted octanol–water partition coefficient (Wildman–Crippen LogP) is 3.89. The number of hydrogen-bond acceptors (Lipinski definition) is 2. The molecule has 2 heteroatoms. The summed E-state index contributed by atoms with van der Waals surface area (Å²) >= 11 is 0. The molecule has 0 amide bonds. The van der Waals surface area contributed by atoms with Crippen molar-refractivity contribution in [2.24, 2.45) is 17.1 Å². The van der Waals surface area contributed by atoms with Gasteiger partial charge in [0, 0.05) is 11.6 Å². The van der Waals surface area contributed by atoms with Gasteiger partial charge in [-0.15, -0.1) is 0 Å². The van der Waals surface area contributed by atoms with Gasteiger partial charge in [0.1, 0.15) is 0 Å². The number of furan rings is 1. The number of rotatable bonds is 4. The van der Waals surface area contributed by atoms with Gasteiger partial charge in [-0.3, -0.25) is 0 Å². The summed E-state index contributed by atoms with van der Waals surface area (Å²) in [6.45, 7) is 4.59. The van der Waals surface area contributed by atoms with Crippen molar-refractivity contribution in [2.75, 3.05) is 0 Å². The Kier molecular flexibility index (Phi) is 3.38. The van der Waals surface area contributed by atoms with Crippen molar-refractivity contribution in [3.05, 3.63) is 24.2 Å². The van der Waals surface area contributed by atoms with E-state index in [2.05, 4.69) is 13.8 Å². The lowest BCUT2D eigenvalue weighted by Gasteiger charge is -2.36. The summed E-state index contributed by atoms with van der Waals surface area (Å²) in [6, 6.07) is 2.17. The molecule has 0 saturated heterocycles. The Hall–Kier alpha value is -0.760. The van der Waals surface area contributed by atoms with Crippen LogP contribution in [-0.4, -0.2) is 0 Å². The molecule has 1 aromatic rings. The Labute approximate surface area is 98.2 Å². The van der Waals surface area contributed by atoms with E-state index in [1.165, 1.54) is 37.7 Å². The maximum atomic E-state index is 6.47. The molecule has 2 N–H and O–H groups in total. The van der Waals surface area contributed by atoms with Gasteiger partial charge in [0.15, 0.2) is 0 Å². The molecule has 90 valence electrons. The third-order valence-corrected chi connectivity index (χ3v) is 3.98. The Bertz CT molecular complexity index is 309. The quantitative estimate of drug-likeness (QED) is 0.837. The van der Waals surface area contributed by atoms with Crippen molar-refractivity contribution in [1.82, 2.24) is 0 Å². The minimum atomic E-state index is 0.149. The molecule has 1 heterocycles. The molecule has 2 rings (SSSR count). The van der Waals surface area contributed by atoms with Crippen LogP contribution in [0.5, 0.6) is 0 Å². The Morgan fingerprint density at radius 3 is 2.56 bits per heavy atom. The van der Waals surface area contributed by atoms with Gasteiger partial charge in [0.05, 0.1) is 12.5 Å². The molecule has 2 nitrogen and oxygen atoms in total. The minimum absolute atomic E-state index is 0.149. The smallest absolute Gasteiger partial charge is 0.0950 e. The molecule has 1 saturated carbocycles. The molecule has 0 radical (unpaired) electrons. The molecule has 1 aliphatic carbocycles. The second-order valence-electron chi connectivity index (χ2n) is 5.70. The Morgan fingerprint density at radius 2 is 2.06 bits per heavy atom. The lowest BCUT2D eigenvalue weighted by molar-refractivity contribution is 0.183. The third kappa shape index (κ3) is 2.17. The van der Waals surface area contributed by atoms with Crippen LogP contribution in [0.25, 0.3) is 0 Å². The molecule has 1 aromatic heterocycles. The molecule has 1 atom stereocenters. The van der Waals surface area contributed by atoms with E-state index >= 15 is 0 Å². The maximum absolute atomic E-state index is 6.47. The zero-order valence-corrected chi connectivity index (χ0v) is 10.4. The number of hydrogen-bond donors (Lipinski definition) is 1. The molecule has 1 fully saturated rings. The Balaban J connectivity index is 2.18. The highest BCUT2D eigenvalue weighted by Crippen LogP contribution is 2.50. The molecule has 0 spiro atoms. The van der Waals surface area contributed by atoms with Crippen LogP contribution in [0.2, 0.25) is 0 Å². The van der Waals surface area contributed by atoms with Crippen molar-refractivity contribution < 1.29 is 4.42 Å². The van der Waals surface area contributed by atoms with E-state index in [4.69, 9.17) is 10.2 Å². The zero-order chi connectivity index (χ0) is 11.6. The summed E-state index contributed by atoms with van der Waals surface area (Å²) in [6.07, 6.45) is 9.99. The van der Waals surface area contributed by atoms with Crippen LogP contribution in [0.15, 0.2) is 23.0 Å². The Morgan fingerprint density at radius 1 is 1.38 bits per heavy atom. The van der Waals surface area contributed by atoms with Gasteiger partial charge >= 0.3 is 0 Å². The van der Waals surface area contributed by atoms with Gasteiger partial charge in [0.2, 0.25) is 0 Å². The van der Waals surface area contributed by atoms with E-state index in [9.17, 15) is 0 Å². The summed E-state index contributed by atoms with van der Waals surface area (Å²) in [7, 11) is 0. The van der Waals surface area contributed by atoms with Crippen molar-refractivity contribution in [1.29, 1.82) is 0 Å². The topological polar surface area (TPSA) is 39.2 Å². The lowest BCUT2D eigenvalue weighted by atomic mass is 9.71. The molecule has 0 aliphatic heterocycles. The normalized spacial score (nSPS) is 21.5. The van der Waals surface area contributed by atoms with Crippen molar-refractivity contribution in [3.8, 4) is 0 Å². The summed E-state index contributed by atoms with van der Waals surface area (Å²) in [4.78, 5) is 0. The van der Waals surface area contributed by atoms with Crippen LogP contribution < -0.4 is 5.73 Å². The fourth-order valence-corrected chi connectivity index (χ4v) is 3.34. The van der Waals surface area contributed by atoms with Crippen molar-refractivity contribution >= 4 is 0 Å². The largest absolute Gasteiger partial charge is 0.472 e. The van der Waals surface area contributed by atoms with Crippen molar-refractivity contribution in [2.45, 2.75) is 52.0 Å². The first-order chi connectivity index (χ1) is 7.64. The van der Waals surface area contributed by atoms with Gasteiger partial charge in [-0.05, 0) is 36.7 Å². The fourth-order valence-electron chi connectivity index (χ4n) is 3.34. The molecule has 1 unspecified atom stereocenters. The van der Waals surface area contributed by atoms with Crippen LogP contribution in [0.1, 0.15) is 57.6 Å². The monoisotopic (exact) mass is 221 g/mol. The lowest BCUT2D eigenvalue weighted by Crippen LogP contribution is -2.33. The van der Waals surface area contributed by atoms with Crippen LogP contribution in [0.4, 0.5) is 0 Å². The summed E-state index contributed by atoms with van der Waals surface area (Å²) in [5.41, 5.74) is 7.95. The van der Waals surface area contributed by atoms with E-state index in [0.29, 0.717) is 5.41 Å². The SMILES string of the molecule is CC(C)CC1(C(N)c2ccoc2)CCCC1. The van der Waals surface area contributed by atoms with Gasteiger partial charge in [-0.2, -0.15) is 0 Å². The first-order valence-electron chi connectivity index (χ1n) is 6.42. The highest BCUT2D eigenvalue weighted by molar-refractivity contribution is 5.16. The molecule has 0 aromatic carbocycles. The molecule has 0 bridgehead atoms. The highest BCUT2D eigenvalue weighted by atomic mass is 16.3. The van der Waals surface area contributed by atoms with Crippen LogP contribution in [-0.2, 0) is 0 Å². The van der Waals surface area contributed by atoms with Crippen molar-refractivity contribution in [3.63, 3.8) is 0 Å². The molecule has 1 aliphatic rings. The van der Waals surface area contributed by atoms with Gasteiger partial charge in [-0.1, -0.05) is 26.7 Å². The first kappa shape index (κ1) is 11.7. The molecule has 16 heavy (non-hydrogen) atoms. The summed E-state index contributed by atoms with van der Waals surface area (Å²) in [5.74, 6) is 0.719. The van der Waals surface area contributed by atoms with E-state index in [-0.39, 0.29) is 6.04 Å². The maximum Gasteiger partial charge on any atom is 0.0950 e. The van der Waals surface area contributed by atoms with E-state index in [1.807, 2.05) is 12.3 Å². The second-order valence-corrected chi connectivity index (χ2v) is 5.70. The molecular formula is C14H23NO. The minimum Gasteiger partial charge on any atom is -0.472 e. The third-order valence-electron chi connectivity index (χ3n) is 3.98. The standard InChI is InChI=1S/C14H23NO/c1-11(2)9-14(6-3-4-7-14)13(15)12-5-8-16-10-12/h5,8,10-11,13H,3-4,6-7,9,15H2,1-2H3. The fraction of sp³-hybridized carbons (Fsp3) is 0.714. The van der Waals surface area contributed by atoms with E-state index in [0.717, 1.165) is 5.92 Å². The van der Waals surface area contributed by atoms with Gasteiger partial charge in [0.25, 0.3) is 0 Å². The van der Waals surface area contributed by atoms with Crippen LogP contribution in [0.3, 0.4) is 0 Å². The highest BCUT2D eigenvalue weighted by Gasteiger charge is 2.40. The summed E-state index contributed by atoms with van der Waals surface area (Å²) < 4.78 is 5.17. The summed E-state index contributed by atoms with van der Waals surface area (Å²) in [5, 5.41) is 0. The van der Waals surface area contributed by atoms with Gasteiger partial charge < -0.3 is 10.2 Å². The number of nitrogens with two attached hydrogens (primary N) is 1. The van der Waals surface area contributed by atoms with Crippen LogP contribution in [0, 0.1) is 11.3 Å². The van der Waals surface area contributed by atoms with E-state index < -0.39 is 0 Å². The van der Waals surface area contributed by atoms with Gasteiger partial charge in [-0.25, -0.2) is 0 Å².